The van der Waals surface area contributed by atoms with Crippen LogP contribution in [0.5, 0.6) is 0 Å². The van der Waals surface area contributed by atoms with Crippen LogP contribution < -0.4 is 16.0 Å². The molecule has 128 valence electrons. The monoisotopic (exact) mass is 349 g/mol. The number of carbonyl (C=O) groups is 1. The topological polar surface area (TPSA) is 58.4 Å². The van der Waals surface area contributed by atoms with Crippen LogP contribution in [0.3, 0.4) is 0 Å². The predicted molar refractivity (Wildman–Crippen MR) is 99.2 cm³/mol. The molecule has 22 heavy (non-hydrogen) atoms. The van der Waals surface area contributed by atoms with Crippen LogP contribution in [0.15, 0.2) is 24.3 Å². The van der Waals surface area contributed by atoms with E-state index in [1.54, 1.807) is 0 Å². The van der Waals surface area contributed by atoms with Crippen molar-refractivity contribution in [1.82, 2.24) is 5.32 Å². The summed E-state index contributed by atoms with van der Waals surface area (Å²) in [6.07, 6.45) is 1.53. The average molecular weight is 350 g/mol. The molecule has 0 bridgehead atoms. The molecule has 0 aliphatic heterocycles. The molecule has 0 fully saturated rings. The molecule has 1 amide bonds. The van der Waals surface area contributed by atoms with Crippen LogP contribution in [0.25, 0.3) is 0 Å². The van der Waals surface area contributed by atoms with Gasteiger partial charge in [-0.1, -0.05) is 26.0 Å². The minimum absolute atomic E-state index is 0. The lowest BCUT2D eigenvalue weighted by Gasteiger charge is -2.28. The van der Waals surface area contributed by atoms with E-state index in [-0.39, 0.29) is 30.7 Å². The summed E-state index contributed by atoms with van der Waals surface area (Å²) in [5.74, 6) is 0.0558. The normalized spacial score (nSPS) is 10.2. The Hall–Kier alpha value is -0.970. The number of nitrogens with zero attached hydrogens (tertiary/aromatic N) is 1. The van der Waals surface area contributed by atoms with Crippen molar-refractivity contribution in [2.75, 3.05) is 25.5 Å². The molecule has 1 rings (SSSR count). The molecule has 0 aliphatic rings. The van der Waals surface area contributed by atoms with Gasteiger partial charge in [0.15, 0.2) is 0 Å². The SMILES string of the molecule is CCC(CC)(CN)C(=O)NCc1cccc(N(C)C)c1.Cl.Cl. The van der Waals surface area contributed by atoms with Crippen molar-refractivity contribution in [2.45, 2.75) is 33.2 Å². The smallest absolute Gasteiger partial charge is 0.227 e. The van der Waals surface area contributed by atoms with Gasteiger partial charge >= 0.3 is 0 Å². The Bertz CT molecular complexity index is 441. The highest BCUT2D eigenvalue weighted by Gasteiger charge is 2.32. The van der Waals surface area contributed by atoms with Gasteiger partial charge in [0.1, 0.15) is 0 Å². The Labute approximate surface area is 146 Å². The maximum absolute atomic E-state index is 12.3. The first-order valence-electron chi connectivity index (χ1n) is 7.23. The number of rotatable bonds is 7. The van der Waals surface area contributed by atoms with Crippen LogP contribution in [0.2, 0.25) is 0 Å². The molecule has 3 N–H and O–H groups in total. The van der Waals surface area contributed by atoms with E-state index >= 15 is 0 Å². The number of nitrogens with two attached hydrogens (primary N) is 1. The standard InChI is InChI=1S/C16H27N3O.2ClH/c1-5-16(6-2,12-17)15(20)18-11-13-8-7-9-14(10-13)19(3)4;;/h7-10H,5-6,11-12,17H2,1-4H3,(H,18,20);2*1H. The minimum atomic E-state index is -0.431. The Morgan fingerprint density at radius 3 is 2.27 bits per heavy atom. The fourth-order valence-electron chi connectivity index (χ4n) is 2.27. The first-order chi connectivity index (χ1) is 9.49. The van der Waals surface area contributed by atoms with E-state index in [2.05, 4.69) is 11.4 Å². The van der Waals surface area contributed by atoms with Crippen molar-refractivity contribution in [3.63, 3.8) is 0 Å². The molecule has 0 aromatic heterocycles. The number of hydrogen-bond acceptors (Lipinski definition) is 3. The number of halogens is 2. The fourth-order valence-corrected chi connectivity index (χ4v) is 2.27. The molecule has 4 nitrogen and oxygen atoms in total. The quantitative estimate of drug-likeness (QED) is 0.795. The van der Waals surface area contributed by atoms with Gasteiger partial charge in [0.05, 0.1) is 5.41 Å². The summed E-state index contributed by atoms with van der Waals surface area (Å²) >= 11 is 0. The molecule has 1 aromatic rings. The van der Waals surface area contributed by atoms with Gasteiger partial charge in [-0.05, 0) is 30.5 Å². The van der Waals surface area contributed by atoms with Crippen molar-refractivity contribution in [2.24, 2.45) is 11.1 Å². The highest BCUT2D eigenvalue weighted by Crippen LogP contribution is 2.25. The lowest BCUT2D eigenvalue weighted by atomic mass is 9.81. The third-order valence-electron chi connectivity index (χ3n) is 4.11. The summed E-state index contributed by atoms with van der Waals surface area (Å²) in [7, 11) is 4.01. The Balaban J connectivity index is 0. The first-order valence-corrected chi connectivity index (χ1v) is 7.23. The molecular weight excluding hydrogens is 321 g/mol. The van der Waals surface area contributed by atoms with Crippen LogP contribution in [0.1, 0.15) is 32.3 Å². The molecule has 6 heteroatoms. The molecular formula is C16H29Cl2N3O. The zero-order valence-corrected chi connectivity index (χ0v) is 15.5. The van der Waals surface area contributed by atoms with Gasteiger partial charge in [-0.25, -0.2) is 0 Å². The number of carbonyl (C=O) groups excluding carboxylic acids is 1. The summed E-state index contributed by atoms with van der Waals surface area (Å²) in [5.41, 5.74) is 7.60. The van der Waals surface area contributed by atoms with Crippen LogP contribution in [0, 0.1) is 5.41 Å². The van der Waals surface area contributed by atoms with E-state index in [4.69, 9.17) is 5.73 Å². The zero-order chi connectivity index (χ0) is 15.2. The van der Waals surface area contributed by atoms with Crippen molar-refractivity contribution < 1.29 is 4.79 Å². The largest absolute Gasteiger partial charge is 0.378 e. The molecule has 0 radical (unpaired) electrons. The maximum atomic E-state index is 12.3. The van der Waals surface area contributed by atoms with E-state index in [9.17, 15) is 4.79 Å². The second-order valence-electron chi connectivity index (χ2n) is 5.44. The van der Waals surface area contributed by atoms with Crippen molar-refractivity contribution >= 4 is 36.4 Å². The second-order valence-corrected chi connectivity index (χ2v) is 5.44. The number of hydrogen-bond donors (Lipinski definition) is 2. The van der Waals surface area contributed by atoms with Gasteiger partial charge in [-0.3, -0.25) is 4.79 Å². The van der Waals surface area contributed by atoms with E-state index in [1.165, 1.54) is 0 Å². The Kier molecular flexibility index (Phi) is 11.3. The third kappa shape index (κ3) is 5.67. The van der Waals surface area contributed by atoms with Gasteiger partial charge in [0, 0.05) is 32.9 Å². The minimum Gasteiger partial charge on any atom is -0.378 e. The van der Waals surface area contributed by atoms with Crippen molar-refractivity contribution in [1.29, 1.82) is 0 Å². The summed E-state index contributed by atoms with van der Waals surface area (Å²) < 4.78 is 0. The predicted octanol–water partition coefficient (Wildman–Crippen LogP) is 2.98. The summed E-state index contributed by atoms with van der Waals surface area (Å²) in [6.45, 7) is 4.97. The van der Waals surface area contributed by atoms with Crippen molar-refractivity contribution in [3.05, 3.63) is 29.8 Å². The summed E-state index contributed by atoms with van der Waals surface area (Å²) in [5, 5.41) is 3.02. The number of anilines is 1. The number of amides is 1. The maximum Gasteiger partial charge on any atom is 0.227 e. The van der Waals surface area contributed by atoms with E-state index < -0.39 is 5.41 Å². The molecule has 0 spiro atoms. The highest BCUT2D eigenvalue weighted by atomic mass is 35.5. The number of benzene rings is 1. The summed E-state index contributed by atoms with van der Waals surface area (Å²) in [6, 6.07) is 8.16. The van der Waals surface area contributed by atoms with E-state index in [0.717, 1.165) is 24.1 Å². The molecule has 0 aliphatic carbocycles. The lowest BCUT2D eigenvalue weighted by Crippen LogP contribution is -2.45. The second kappa shape index (κ2) is 10.7. The average Bonchev–Trinajstić information content (AvgIpc) is 2.47. The zero-order valence-electron chi connectivity index (χ0n) is 13.9. The molecule has 0 saturated carbocycles. The van der Waals surface area contributed by atoms with Crippen LogP contribution in [-0.4, -0.2) is 26.5 Å². The summed E-state index contributed by atoms with van der Waals surface area (Å²) in [4.78, 5) is 14.4. The lowest BCUT2D eigenvalue weighted by molar-refractivity contribution is -0.131. The molecule has 0 saturated heterocycles. The van der Waals surface area contributed by atoms with Gasteiger partial charge in [-0.15, -0.1) is 24.8 Å². The highest BCUT2D eigenvalue weighted by molar-refractivity contribution is 5.85. The molecule has 0 atom stereocenters. The van der Waals surface area contributed by atoms with Gasteiger partial charge in [0.25, 0.3) is 0 Å². The first kappa shape index (κ1) is 23.3. The fraction of sp³-hybridized carbons (Fsp3) is 0.562. The van der Waals surface area contributed by atoms with Crippen LogP contribution in [-0.2, 0) is 11.3 Å². The van der Waals surface area contributed by atoms with Crippen molar-refractivity contribution in [3.8, 4) is 0 Å². The van der Waals surface area contributed by atoms with E-state index in [0.29, 0.717) is 13.1 Å². The third-order valence-corrected chi connectivity index (χ3v) is 4.11. The Morgan fingerprint density at radius 1 is 1.23 bits per heavy atom. The van der Waals surface area contributed by atoms with Gasteiger partial charge < -0.3 is 16.0 Å². The molecule has 0 heterocycles. The van der Waals surface area contributed by atoms with E-state index in [1.807, 2.05) is 51.0 Å². The van der Waals surface area contributed by atoms with Crippen LogP contribution >= 0.6 is 24.8 Å². The van der Waals surface area contributed by atoms with Crippen LogP contribution in [0.4, 0.5) is 5.69 Å². The Morgan fingerprint density at radius 2 is 1.82 bits per heavy atom. The number of nitrogens with one attached hydrogen (secondary N) is 1. The van der Waals surface area contributed by atoms with Gasteiger partial charge in [-0.2, -0.15) is 0 Å². The molecule has 0 unspecified atom stereocenters. The van der Waals surface area contributed by atoms with Gasteiger partial charge in [0.2, 0.25) is 5.91 Å². The molecule has 1 aromatic carbocycles.